The number of anilines is 1. The number of carbonyl (C=O) groups is 4. The lowest BCUT2D eigenvalue weighted by Gasteiger charge is -2.29. The zero-order chi connectivity index (χ0) is 24.7. The third-order valence-electron chi connectivity index (χ3n) is 7.09. The second kappa shape index (κ2) is 8.72. The second-order valence-electron chi connectivity index (χ2n) is 9.56. The molecule has 2 aromatic carbocycles. The van der Waals surface area contributed by atoms with Crippen molar-refractivity contribution in [3.63, 3.8) is 0 Å². The topological polar surface area (TPSA) is 114 Å². The lowest BCUT2D eigenvalue weighted by molar-refractivity contribution is -0.136. The number of imide groups is 1. The van der Waals surface area contributed by atoms with Crippen molar-refractivity contribution < 1.29 is 28.7 Å². The van der Waals surface area contributed by atoms with Gasteiger partial charge in [0, 0.05) is 23.2 Å². The van der Waals surface area contributed by atoms with Gasteiger partial charge in [0.1, 0.15) is 18.4 Å². The highest BCUT2D eigenvalue weighted by Crippen LogP contribution is 2.47. The summed E-state index contributed by atoms with van der Waals surface area (Å²) in [6, 6.07) is 10.4. The number of amides is 4. The lowest BCUT2D eigenvalue weighted by Crippen LogP contribution is -2.52. The van der Waals surface area contributed by atoms with Gasteiger partial charge < -0.3 is 14.4 Å². The number of hydrogen-bond acceptors (Lipinski definition) is 6. The van der Waals surface area contributed by atoms with E-state index in [9.17, 15) is 19.2 Å². The zero-order valence-corrected chi connectivity index (χ0v) is 19.7. The highest BCUT2D eigenvalue weighted by molar-refractivity contribution is 6.05. The maximum Gasteiger partial charge on any atom is 0.411 e. The number of ether oxygens (including phenoxy) is 2. The summed E-state index contributed by atoms with van der Waals surface area (Å²) in [6.07, 6.45) is 2.22. The molecule has 2 aromatic rings. The van der Waals surface area contributed by atoms with Gasteiger partial charge in [0.25, 0.3) is 5.91 Å². The monoisotopic (exact) mass is 477 g/mol. The van der Waals surface area contributed by atoms with Crippen molar-refractivity contribution in [1.82, 2.24) is 10.2 Å². The van der Waals surface area contributed by atoms with Crippen LogP contribution in [-0.2, 0) is 32.9 Å². The fourth-order valence-corrected chi connectivity index (χ4v) is 4.68. The number of fused-ring (bicyclic) bond motifs is 1. The first-order valence-electron chi connectivity index (χ1n) is 11.7. The summed E-state index contributed by atoms with van der Waals surface area (Å²) in [7, 11) is 1.50. The Bertz CT molecular complexity index is 1220. The van der Waals surface area contributed by atoms with Crippen LogP contribution in [0.25, 0.3) is 0 Å². The Kier molecular flexibility index (Phi) is 5.70. The number of carbonyl (C=O) groups excluding carboxylic acids is 4. The molecule has 1 unspecified atom stereocenters. The molecule has 9 heteroatoms. The third-order valence-corrected chi connectivity index (χ3v) is 7.09. The van der Waals surface area contributed by atoms with Crippen LogP contribution >= 0.6 is 0 Å². The Morgan fingerprint density at radius 3 is 2.57 bits per heavy atom. The van der Waals surface area contributed by atoms with E-state index in [0.717, 1.165) is 0 Å². The largest absolute Gasteiger partial charge is 0.496 e. The first kappa shape index (κ1) is 22.9. The van der Waals surface area contributed by atoms with Gasteiger partial charge in [0.15, 0.2) is 0 Å². The molecule has 2 heterocycles. The van der Waals surface area contributed by atoms with Crippen LogP contribution in [-0.4, -0.2) is 41.9 Å². The summed E-state index contributed by atoms with van der Waals surface area (Å²) in [6.45, 7) is 2.38. The fourth-order valence-electron chi connectivity index (χ4n) is 4.68. The first-order chi connectivity index (χ1) is 16.8. The molecule has 4 amide bonds. The van der Waals surface area contributed by atoms with Crippen molar-refractivity contribution in [1.29, 1.82) is 0 Å². The average Bonchev–Trinajstić information content (AvgIpc) is 3.51. The molecule has 1 aliphatic carbocycles. The van der Waals surface area contributed by atoms with Crippen LogP contribution in [0.5, 0.6) is 5.75 Å². The molecule has 182 valence electrons. The molecule has 35 heavy (non-hydrogen) atoms. The molecule has 2 aliphatic heterocycles. The van der Waals surface area contributed by atoms with Crippen molar-refractivity contribution in [2.45, 2.75) is 57.2 Å². The van der Waals surface area contributed by atoms with Gasteiger partial charge in [-0.1, -0.05) is 19.1 Å². The molecule has 0 radical (unpaired) electrons. The molecule has 1 atom stereocenters. The van der Waals surface area contributed by atoms with Crippen LogP contribution in [0.1, 0.15) is 59.7 Å². The summed E-state index contributed by atoms with van der Waals surface area (Å²) in [5, 5.41) is 5.01. The summed E-state index contributed by atoms with van der Waals surface area (Å²) >= 11 is 0. The van der Waals surface area contributed by atoms with Gasteiger partial charge in [0.05, 0.1) is 13.7 Å². The zero-order valence-electron chi connectivity index (χ0n) is 19.7. The smallest absolute Gasteiger partial charge is 0.411 e. The molecule has 0 aromatic heterocycles. The Morgan fingerprint density at radius 1 is 1.17 bits per heavy atom. The maximum atomic E-state index is 13.1. The molecular weight excluding hydrogens is 450 g/mol. The van der Waals surface area contributed by atoms with Crippen LogP contribution in [0.2, 0.25) is 0 Å². The molecular formula is C26H27N3O6. The van der Waals surface area contributed by atoms with E-state index >= 15 is 0 Å². The minimum atomic E-state index is -0.711. The van der Waals surface area contributed by atoms with E-state index in [4.69, 9.17) is 9.47 Å². The van der Waals surface area contributed by atoms with Gasteiger partial charge >= 0.3 is 6.09 Å². The first-order valence-corrected chi connectivity index (χ1v) is 11.7. The molecule has 0 spiro atoms. The fraction of sp³-hybridized carbons (Fsp3) is 0.385. The normalized spacial score (nSPS) is 20.2. The van der Waals surface area contributed by atoms with Gasteiger partial charge in [-0.3, -0.25) is 25.0 Å². The van der Waals surface area contributed by atoms with Crippen molar-refractivity contribution in [2.24, 2.45) is 0 Å². The number of rotatable bonds is 6. The number of methoxy groups -OCH3 is 1. The Hall–Kier alpha value is -3.88. The van der Waals surface area contributed by atoms with Crippen LogP contribution in [0.4, 0.5) is 10.5 Å². The second-order valence-corrected chi connectivity index (χ2v) is 9.56. The Morgan fingerprint density at radius 2 is 1.91 bits per heavy atom. The quantitative estimate of drug-likeness (QED) is 0.618. The molecule has 1 saturated heterocycles. The predicted octanol–water partition coefficient (Wildman–Crippen LogP) is 3.26. The summed E-state index contributed by atoms with van der Waals surface area (Å²) in [4.78, 5) is 50.7. The van der Waals surface area contributed by atoms with Crippen molar-refractivity contribution in [2.75, 3.05) is 12.4 Å². The Balaban J connectivity index is 1.24. The molecule has 2 N–H and O–H groups in total. The minimum absolute atomic E-state index is 0.0582. The molecule has 0 bridgehead atoms. The minimum Gasteiger partial charge on any atom is -0.496 e. The van der Waals surface area contributed by atoms with Gasteiger partial charge in [-0.25, -0.2) is 4.79 Å². The Labute approximate surface area is 202 Å². The molecule has 5 rings (SSSR count). The third kappa shape index (κ3) is 4.45. The highest BCUT2D eigenvalue weighted by atomic mass is 16.5. The van der Waals surface area contributed by atoms with E-state index in [0.29, 0.717) is 28.1 Å². The number of piperidine rings is 1. The van der Waals surface area contributed by atoms with Crippen LogP contribution in [0.3, 0.4) is 0 Å². The highest BCUT2D eigenvalue weighted by Gasteiger charge is 2.41. The van der Waals surface area contributed by atoms with E-state index in [1.807, 2.05) is 24.3 Å². The summed E-state index contributed by atoms with van der Waals surface area (Å²) in [5.74, 6) is -0.642. The van der Waals surface area contributed by atoms with E-state index in [-0.39, 0.29) is 43.2 Å². The van der Waals surface area contributed by atoms with Crippen molar-refractivity contribution in [3.05, 3.63) is 58.7 Å². The molecule has 3 aliphatic rings. The van der Waals surface area contributed by atoms with E-state index in [1.165, 1.54) is 30.4 Å². The standard InChI is InChI=1S/C26H27N3O6/c1-26(9-10-26)16-3-5-17(6-4-16)27-25(33)35-14-15-11-18-19(21(12-15)34-2)13-29(24(18)32)20-7-8-22(30)28-23(20)31/h3-6,11-12,20H,7-10,13-14H2,1-2H3,(H,27,33)(H,28,30,31). The number of nitrogens with zero attached hydrogens (tertiary/aromatic N) is 1. The van der Waals surface area contributed by atoms with E-state index in [1.54, 1.807) is 12.1 Å². The van der Waals surface area contributed by atoms with Crippen LogP contribution < -0.4 is 15.4 Å². The molecule has 1 saturated carbocycles. The van der Waals surface area contributed by atoms with Gasteiger partial charge in [-0.2, -0.15) is 0 Å². The average molecular weight is 478 g/mol. The SMILES string of the molecule is COc1cc(COC(=O)Nc2ccc(C3(C)CC3)cc2)cc2c1CN(C1CCC(=O)NC1=O)C2=O. The van der Waals surface area contributed by atoms with E-state index in [2.05, 4.69) is 17.6 Å². The van der Waals surface area contributed by atoms with Crippen LogP contribution in [0.15, 0.2) is 36.4 Å². The van der Waals surface area contributed by atoms with Crippen molar-refractivity contribution >= 4 is 29.5 Å². The number of nitrogens with one attached hydrogen (secondary N) is 2. The number of hydrogen-bond donors (Lipinski definition) is 2. The van der Waals surface area contributed by atoms with Gasteiger partial charge in [-0.15, -0.1) is 0 Å². The number of benzene rings is 2. The maximum absolute atomic E-state index is 13.1. The molecule has 9 nitrogen and oxygen atoms in total. The molecule has 2 fully saturated rings. The van der Waals surface area contributed by atoms with Crippen molar-refractivity contribution in [3.8, 4) is 5.75 Å². The summed E-state index contributed by atoms with van der Waals surface area (Å²) < 4.78 is 10.9. The predicted molar refractivity (Wildman–Crippen MR) is 126 cm³/mol. The van der Waals surface area contributed by atoms with E-state index < -0.39 is 18.0 Å². The van der Waals surface area contributed by atoms with Gasteiger partial charge in [0.2, 0.25) is 11.8 Å². The van der Waals surface area contributed by atoms with Crippen LogP contribution in [0, 0.1) is 0 Å². The lowest BCUT2D eigenvalue weighted by atomic mass is 9.98. The summed E-state index contributed by atoms with van der Waals surface area (Å²) in [5.41, 5.74) is 3.82. The van der Waals surface area contributed by atoms with Gasteiger partial charge in [-0.05, 0) is 60.1 Å².